The lowest BCUT2D eigenvalue weighted by Crippen LogP contribution is -2.60. The maximum atomic E-state index is 12.6. The molecule has 0 saturated carbocycles. The number of halogens is 3. The molecule has 3 heterocycles. The fraction of sp³-hybridized carbons (Fsp3) is 0.647. The van der Waals surface area contributed by atoms with Crippen LogP contribution >= 0.6 is 0 Å². The summed E-state index contributed by atoms with van der Waals surface area (Å²) >= 11 is 0. The molecule has 25 heavy (non-hydrogen) atoms. The Hall–Kier alpha value is -1.67. The van der Waals surface area contributed by atoms with E-state index in [1.807, 2.05) is 0 Å². The standard InChI is InChI=1S/C17H23F3N4O/c1-23-8-9-24(12-16(23)5-4-15(25)21-7-6-16)11-13-2-3-14(22-10-13)17(18,19)20/h2-3,10H,4-9,11-12H2,1H3,(H,21,25). The van der Waals surface area contributed by atoms with Crippen molar-refractivity contribution in [3.63, 3.8) is 0 Å². The number of carbonyl (C=O) groups is 1. The van der Waals surface area contributed by atoms with Crippen molar-refractivity contribution in [2.75, 3.05) is 33.2 Å². The summed E-state index contributed by atoms with van der Waals surface area (Å²) in [5, 5.41) is 2.92. The number of alkyl halides is 3. The van der Waals surface area contributed by atoms with Crippen molar-refractivity contribution < 1.29 is 18.0 Å². The summed E-state index contributed by atoms with van der Waals surface area (Å²) in [5.74, 6) is 0.0920. The van der Waals surface area contributed by atoms with Crippen LogP contribution in [0, 0.1) is 0 Å². The van der Waals surface area contributed by atoms with E-state index in [2.05, 4.69) is 27.1 Å². The van der Waals surface area contributed by atoms with E-state index in [0.717, 1.165) is 44.1 Å². The summed E-state index contributed by atoms with van der Waals surface area (Å²) in [6, 6.07) is 2.54. The molecule has 1 spiro atoms. The largest absolute Gasteiger partial charge is 0.433 e. The normalized spacial score (nSPS) is 26.5. The van der Waals surface area contributed by atoms with Gasteiger partial charge < -0.3 is 5.32 Å². The lowest BCUT2D eigenvalue weighted by molar-refractivity contribution is -0.141. The van der Waals surface area contributed by atoms with Crippen LogP contribution in [0.5, 0.6) is 0 Å². The van der Waals surface area contributed by atoms with Crippen molar-refractivity contribution >= 4 is 5.91 Å². The van der Waals surface area contributed by atoms with Gasteiger partial charge in [0, 0.05) is 50.9 Å². The van der Waals surface area contributed by atoms with Crippen LogP contribution in [0.25, 0.3) is 0 Å². The number of hydrogen-bond acceptors (Lipinski definition) is 4. The fourth-order valence-electron chi connectivity index (χ4n) is 3.76. The summed E-state index contributed by atoms with van der Waals surface area (Å²) < 4.78 is 37.9. The van der Waals surface area contributed by atoms with Crippen molar-refractivity contribution in [3.05, 3.63) is 29.6 Å². The molecule has 2 fully saturated rings. The molecule has 5 nitrogen and oxygen atoms in total. The van der Waals surface area contributed by atoms with E-state index in [9.17, 15) is 18.0 Å². The highest BCUT2D eigenvalue weighted by Crippen LogP contribution is 2.31. The van der Waals surface area contributed by atoms with Crippen LogP contribution in [0.4, 0.5) is 13.2 Å². The second-order valence-electron chi connectivity index (χ2n) is 7.01. The SMILES string of the molecule is CN1CCN(Cc2ccc(C(F)(F)F)nc2)CC12CCNC(=O)CC2. The number of hydrogen-bond donors (Lipinski definition) is 1. The third-order valence-electron chi connectivity index (χ3n) is 5.33. The molecule has 0 radical (unpaired) electrons. The van der Waals surface area contributed by atoms with Gasteiger partial charge in [0.2, 0.25) is 5.91 Å². The van der Waals surface area contributed by atoms with E-state index in [0.29, 0.717) is 19.5 Å². The molecule has 1 amide bonds. The topological polar surface area (TPSA) is 48.5 Å². The molecule has 1 atom stereocenters. The van der Waals surface area contributed by atoms with E-state index >= 15 is 0 Å². The Kier molecular flexibility index (Phi) is 5.02. The van der Waals surface area contributed by atoms with Gasteiger partial charge in [0.15, 0.2) is 0 Å². The Morgan fingerprint density at radius 3 is 2.76 bits per heavy atom. The lowest BCUT2D eigenvalue weighted by atomic mass is 9.86. The molecule has 1 unspecified atom stereocenters. The fourth-order valence-corrected chi connectivity index (χ4v) is 3.76. The number of nitrogens with one attached hydrogen (secondary N) is 1. The van der Waals surface area contributed by atoms with Gasteiger partial charge in [-0.3, -0.25) is 19.6 Å². The number of amides is 1. The predicted molar refractivity (Wildman–Crippen MR) is 86.7 cm³/mol. The molecule has 138 valence electrons. The van der Waals surface area contributed by atoms with Crippen LogP contribution in [-0.4, -0.2) is 59.5 Å². The molecule has 8 heteroatoms. The first kappa shape index (κ1) is 18.1. The number of pyridine rings is 1. The molecule has 0 bridgehead atoms. The second kappa shape index (κ2) is 6.92. The van der Waals surface area contributed by atoms with Gasteiger partial charge in [0.05, 0.1) is 0 Å². The first-order valence-electron chi connectivity index (χ1n) is 8.51. The van der Waals surface area contributed by atoms with Gasteiger partial charge in [0.1, 0.15) is 5.69 Å². The number of carbonyl (C=O) groups excluding carboxylic acids is 1. The van der Waals surface area contributed by atoms with Gasteiger partial charge in [-0.25, -0.2) is 0 Å². The third-order valence-corrected chi connectivity index (χ3v) is 5.33. The third kappa shape index (κ3) is 4.12. The van der Waals surface area contributed by atoms with Crippen molar-refractivity contribution in [1.82, 2.24) is 20.1 Å². The van der Waals surface area contributed by atoms with Crippen LogP contribution in [0.2, 0.25) is 0 Å². The van der Waals surface area contributed by atoms with Crippen molar-refractivity contribution in [3.8, 4) is 0 Å². The molecule has 1 aromatic heterocycles. The average Bonchev–Trinajstić information content (AvgIpc) is 2.74. The molecular formula is C17H23F3N4O. The van der Waals surface area contributed by atoms with E-state index < -0.39 is 11.9 Å². The zero-order valence-corrected chi connectivity index (χ0v) is 14.3. The van der Waals surface area contributed by atoms with Crippen LogP contribution in [0.15, 0.2) is 18.3 Å². The number of piperazine rings is 1. The number of rotatable bonds is 2. The average molecular weight is 356 g/mol. The minimum Gasteiger partial charge on any atom is -0.356 e. The maximum Gasteiger partial charge on any atom is 0.433 e. The first-order valence-corrected chi connectivity index (χ1v) is 8.51. The van der Waals surface area contributed by atoms with E-state index in [1.165, 1.54) is 12.3 Å². The summed E-state index contributed by atoms with van der Waals surface area (Å²) in [5.41, 5.74) is -0.147. The molecule has 0 aromatic carbocycles. The number of likely N-dealkylation sites (N-methyl/N-ethyl adjacent to an activating group) is 1. The molecular weight excluding hydrogens is 333 g/mol. The highest BCUT2D eigenvalue weighted by Gasteiger charge is 2.40. The van der Waals surface area contributed by atoms with Gasteiger partial charge in [-0.2, -0.15) is 13.2 Å². The minimum absolute atomic E-state index is 0.0588. The maximum absolute atomic E-state index is 12.6. The number of aromatic nitrogens is 1. The highest BCUT2D eigenvalue weighted by molar-refractivity contribution is 5.76. The Bertz CT molecular complexity index is 619. The minimum atomic E-state index is -4.41. The van der Waals surface area contributed by atoms with E-state index in [-0.39, 0.29) is 11.4 Å². The Labute approximate surface area is 145 Å². The van der Waals surface area contributed by atoms with Crippen molar-refractivity contribution in [2.45, 2.75) is 37.5 Å². The Morgan fingerprint density at radius 1 is 1.28 bits per heavy atom. The van der Waals surface area contributed by atoms with Gasteiger partial charge in [-0.05, 0) is 31.5 Å². The summed E-state index contributed by atoms with van der Waals surface area (Å²) in [6.45, 7) is 3.77. The Morgan fingerprint density at radius 2 is 2.08 bits per heavy atom. The molecule has 1 N–H and O–H groups in total. The van der Waals surface area contributed by atoms with Crippen molar-refractivity contribution in [1.29, 1.82) is 0 Å². The smallest absolute Gasteiger partial charge is 0.356 e. The summed E-state index contributed by atoms with van der Waals surface area (Å²) in [7, 11) is 2.09. The monoisotopic (exact) mass is 356 g/mol. The van der Waals surface area contributed by atoms with Crippen LogP contribution in [-0.2, 0) is 17.5 Å². The highest BCUT2D eigenvalue weighted by atomic mass is 19.4. The molecule has 3 rings (SSSR count). The molecule has 2 aliphatic heterocycles. The second-order valence-corrected chi connectivity index (χ2v) is 7.01. The lowest BCUT2D eigenvalue weighted by Gasteiger charge is -2.49. The van der Waals surface area contributed by atoms with Crippen LogP contribution in [0.3, 0.4) is 0 Å². The van der Waals surface area contributed by atoms with Crippen LogP contribution in [0.1, 0.15) is 30.5 Å². The van der Waals surface area contributed by atoms with Gasteiger partial charge in [0.25, 0.3) is 0 Å². The molecule has 2 saturated heterocycles. The molecule has 0 aliphatic carbocycles. The molecule has 2 aliphatic rings. The van der Waals surface area contributed by atoms with Gasteiger partial charge in [-0.15, -0.1) is 0 Å². The van der Waals surface area contributed by atoms with Crippen molar-refractivity contribution in [2.24, 2.45) is 0 Å². The molecule has 1 aromatic rings. The predicted octanol–water partition coefficient (Wildman–Crippen LogP) is 1.89. The van der Waals surface area contributed by atoms with Gasteiger partial charge >= 0.3 is 6.18 Å². The number of nitrogens with zero attached hydrogens (tertiary/aromatic N) is 3. The van der Waals surface area contributed by atoms with E-state index in [4.69, 9.17) is 0 Å². The summed E-state index contributed by atoms with van der Waals surface area (Å²) in [4.78, 5) is 19.8. The zero-order valence-electron chi connectivity index (χ0n) is 14.3. The zero-order chi connectivity index (χ0) is 18.1. The van der Waals surface area contributed by atoms with Gasteiger partial charge in [-0.1, -0.05) is 6.07 Å². The quantitative estimate of drug-likeness (QED) is 0.879. The van der Waals surface area contributed by atoms with E-state index in [1.54, 1.807) is 0 Å². The summed E-state index contributed by atoms with van der Waals surface area (Å²) in [6.07, 6.45) is -0.892. The Balaban J connectivity index is 1.68. The first-order chi connectivity index (χ1) is 11.8. The van der Waals surface area contributed by atoms with Crippen LogP contribution < -0.4 is 5.32 Å².